The topological polar surface area (TPSA) is 86.0 Å². The molecule has 8 heteroatoms. The maximum Gasteiger partial charge on any atom is 0.241 e. The van der Waals surface area contributed by atoms with Crippen LogP contribution in [0.4, 0.5) is 5.69 Å². The van der Waals surface area contributed by atoms with Crippen molar-refractivity contribution in [1.29, 1.82) is 0 Å². The molecule has 0 unspecified atom stereocenters. The number of nitrogens with zero attached hydrogens (tertiary/aromatic N) is 4. The van der Waals surface area contributed by atoms with Gasteiger partial charge in [-0.25, -0.2) is 4.99 Å². The molecule has 158 valence electrons. The number of benzene rings is 1. The number of hydrogen-bond acceptors (Lipinski definition) is 5. The number of aryl methyl sites for hydroxylation is 2. The Hall–Kier alpha value is -3.03. The van der Waals surface area contributed by atoms with E-state index in [1.165, 1.54) is 5.69 Å². The van der Waals surface area contributed by atoms with Crippen LogP contribution >= 0.6 is 0 Å². The van der Waals surface area contributed by atoms with Gasteiger partial charge in [-0.05, 0) is 32.4 Å². The zero-order valence-corrected chi connectivity index (χ0v) is 18.0. The second kappa shape index (κ2) is 11.1. The second-order valence-corrected chi connectivity index (χ2v) is 7.15. The molecule has 1 aromatic heterocycles. The molecule has 0 aliphatic heterocycles. The summed E-state index contributed by atoms with van der Waals surface area (Å²) in [5, 5.41) is 10.4. The first kappa shape index (κ1) is 22.3. The molecule has 1 aromatic carbocycles. The summed E-state index contributed by atoms with van der Waals surface area (Å²) >= 11 is 0. The Balaban J connectivity index is 1.90. The van der Waals surface area contributed by atoms with Gasteiger partial charge in [0, 0.05) is 45.5 Å². The number of nitrogens with one attached hydrogen (secondary N) is 2. The maximum absolute atomic E-state index is 11.9. The lowest BCUT2D eigenvalue weighted by Gasteiger charge is -2.20. The van der Waals surface area contributed by atoms with Crippen LogP contribution in [0.3, 0.4) is 0 Å². The molecule has 2 aromatic rings. The number of aromatic nitrogens is 1. The van der Waals surface area contributed by atoms with Gasteiger partial charge in [0.1, 0.15) is 5.76 Å². The highest BCUT2D eigenvalue weighted by atomic mass is 16.5. The largest absolute Gasteiger partial charge is 0.375 e. The first-order valence-electron chi connectivity index (χ1n) is 9.78. The lowest BCUT2D eigenvalue weighted by Crippen LogP contribution is -2.43. The average Bonchev–Trinajstić information content (AvgIpc) is 3.04. The molecular formula is C21H32N6O2. The number of hydrogen-bond donors (Lipinski definition) is 2. The summed E-state index contributed by atoms with van der Waals surface area (Å²) in [5.74, 6) is 1.35. The summed E-state index contributed by atoms with van der Waals surface area (Å²) in [4.78, 5) is 20.3. The number of likely N-dealkylation sites (N-methyl/N-ethyl adjacent to an activating group) is 1. The van der Waals surface area contributed by atoms with Gasteiger partial charge in [-0.3, -0.25) is 4.79 Å². The molecule has 0 saturated carbocycles. The normalized spacial score (nSPS) is 11.3. The molecular weight excluding hydrogens is 368 g/mol. The van der Waals surface area contributed by atoms with E-state index < -0.39 is 0 Å². The molecule has 2 N–H and O–H groups in total. The van der Waals surface area contributed by atoms with Crippen molar-refractivity contribution in [3.8, 4) is 0 Å². The summed E-state index contributed by atoms with van der Waals surface area (Å²) in [6, 6.07) is 10.3. The van der Waals surface area contributed by atoms with Crippen molar-refractivity contribution < 1.29 is 9.32 Å². The minimum Gasteiger partial charge on any atom is -0.375 e. The summed E-state index contributed by atoms with van der Waals surface area (Å²) in [7, 11) is 5.55. The van der Waals surface area contributed by atoms with E-state index in [9.17, 15) is 4.79 Å². The highest BCUT2D eigenvalue weighted by molar-refractivity contribution is 5.86. The van der Waals surface area contributed by atoms with Crippen LogP contribution in [0.2, 0.25) is 0 Å². The smallest absolute Gasteiger partial charge is 0.241 e. The van der Waals surface area contributed by atoms with Crippen LogP contribution in [0.25, 0.3) is 0 Å². The summed E-state index contributed by atoms with van der Waals surface area (Å²) in [5.41, 5.74) is 2.99. The molecule has 1 amide bonds. The van der Waals surface area contributed by atoms with Gasteiger partial charge in [0.2, 0.25) is 5.91 Å². The van der Waals surface area contributed by atoms with Gasteiger partial charge in [0.15, 0.2) is 5.96 Å². The molecule has 0 radical (unpaired) electrons. The molecule has 0 fully saturated rings. The van der Waals surface area contributed by atoms with Crippen LogP contribution in [-0.4, -0.2) is 62.7 Å². The van der Waals surface area contributed by atoms with Gasteiger partial charge in [0.25, 0.3) is 0 Å². The van der Waals surface area contributed by atoms with E-state index in [-0.39, 0.29) is 12.5 Å². The number of amides is 1. The van der Waals surface area contributed by atoms with Crippen LogP contribution in [0.15, 0.2) is 39.8 Å². The minimum atomic E-state index is -0.0133. The Morgan fingerprint density at radius 3 is 2.48 bits per heavy atom. The van der Waals surface area contributed by atoms with E-state index in [2.05, 4.69) is 44.9 Å². The number of rotatable bonds is 9. The van der Waals surface area contributed by atoms with Crippen molar-refractivity contribution in [1.82, 2.24) is 20.7 Å². The van der Waals surface area contributed by atoms with Crippen LogP contribution in [0, 0.1) is 13.8 Å². The van der Waals surface area contributed by atoms with E-state index in [4.69, 9.17) is 4.52 Å². The molecule has 0 atom stereocenters. The lowest BCUT2D eigenvalue weighted by molar-refractivity contribution is -0.127. The van der Waals surface area contributed by atoms with Crippen LogP contribution in [-0.2, 0) is 11.3 Å². The fraction of sp³-hybridized carbons (Fsp3) is 0.476. The van der Waals surface area contributed by atoms with Crippen molar-refractivity contribution in [2.45, 2.75) is 26.8 Å². The lowest BCUT2D eigenvalue weighted by atomic mass is 10.2. The third-order valence-corrected chi connectivity index (χ3v) is 4.64. The molecule has 29 heavy (non-hydrogen) atoms. The Labute approximate surface area is 173 Å². The van der Waals surface area contributed by atoms with E-state index in [1.54, 1.807) is 19.0 Å². The zero-order chi connectivity index (χ0) is 21.2. The molecule has 0 aliphatic carbocycles. The van der Waals surface area contributed by atoms with Crippen LogP contribution in [0.1, 0.15) is 23.4 Å². The summed E-state index contributed by atoms with van der Waals surface area (Å²) < 4.78 is 5.20. The number of aliphatic imine (C=N–C) groups is 1. The van der Waals surface area contributed by atoms with Crippen LogP contribution in [0.5, 0.6) is 0 Å². The van der Waals surface area contributed by atoms with Gasteiger partial charge in [-0.15, -0.1) is 0 Å². The number of guanidine groups is 1. The second-order valence-electron chi connectivity index (χ2n) is 7.15. The van der Waals surface area contributed by atoms with Gasteiger partial charge < -0.3 is 25.0 Å². The Bertz CT molecular complexity index is 781. The third-order valence-electron chi connectivity index (χ3n) is 4.64. The van der Waals surface area contributed by atoms with E-state index in [1.807, 2.05) is 32.0 Å². The Morgan fingerprint density at radius 1 is 1.14 bits per heavy atom. The van der Waals surface area contributed by atoms with Gasteiger partial charge in [-0.2, -0.15) is 0 Å². The van der Waals surface area contributed by atoms with Crippen molar-refractivity contribution in [2.24, 2.45) is 4.99 Å². The molecule has 0 bridgehead atoms. The molecule has 1 heterocycles. The van der Waals surface area contributed by atoms with Gasteiger partial charge in [0.05, 0.1) is 18.8 Å². The van der Waals surface area contributed by atoms with Crippen LogP contribution < -0.4 is 15.5 Å². The van der Waals surface area contributed by atoms with Crippen molar-refractivity contribution in [3.05, 3.63) is 47.3 Å². The minimum absolute atomic E-state index is 0.0133. The molecule has 2 rings (SSSR count). The van der Waals surface area contributed by atoms with Gasteiger partial charge >= 0.3 is 0 Å². The molecule has 0 spiro atoms. The van der Waals surface area contributed by atoms with E-state index in [0.717, 1.165) is 36.5 Å². The fourth-order valence-corrected chi connectivity index (χ4v) is 2.71. The average molecular weight is 401 g/mol. The zero-order valence-electron chi connectivity index (χ0n) is 18.0. The first-order chi connectivity index (χ1) is 13.9. The highest BCUT2D eigenvalue weighted by Crippen LogP contribution is 2.13. The summed E-state index contributed by atoms with van der Waals surface area (Å²) in [6.07, 6.45) is 0.930. The number of carbonyl (C=O) groups excluding carboxylic acids is 1. The van der Waals surface area contributed by atoms with Crippen molar-refractivity contribution in [3.63, 3.8) is 0 Å². The van der Waals surface area contributed by atoms with E-state index >= 15 is 0 Å². The van der Waals surface area contributed by atoms with Crippen molar-refractivity contribution >= 4 is 17.6 Å². The highest BCUT2D eigenvalue weighted by Gasteiger charge is 2.10. The quantitative estimate of drug-likeness (QED) is 0.380. The SMILES string of the molecule is Cc1noc(C)c1CN=C(NCCCN(C)c1ccccc1)NCC(=O)N(C)C. The monoisotopic (exact) mass is 400 g/mol. The molecule has 0 aliphatic rings. The fourth-order valence-electron chi connectivity index (χ4n) is 2.71. The predicted octanol–water partition coefficient (Wildman–Crippen LogP) is 1.94. The Morgan fingerprint density at radius 2 is 1.86 bits per heavy atom. The predicted molar refractivity (Wildman–Crippen MR) is 116 cm³/mol. The standard InChI is InChI=1S/C21H32N6O2/c1-16-19(17(2)29-25-16)14-23-21(24-15-20(28)26(3)4)22-12-9-13-27(5)18-10-7-6-8-11-18/h6-8,10-11H,9,12-15H2,1-5H3,(H2,22,23,24). The first-order valence-corrected chi connectivity index (χ1v) is 9.78. The number of carbonyl (C=O) groups is 1. The number of para-hydroxylation sites is 1. The third kappa shape index (κ3) is 7.14. The summed E-state index contributed by atoms with van der Waals surface area (Å²) in [6.45, 7) is 6.05. The van der Waals surface area contributed by atoms with Gasteiger partial charge in [-0.1, -0.05) is 23.4 Å². The Kier molecular flexibility index (Phi) is 8.51. The molecule has 8 nitrogen and oxygen atoms in total. The molecule has 0 saturated heterocycles. The number of anilines is 1. The van der Waals surface area contributed by atoms with E-state index in [0.29, 0.717) is 12.5 Å². The maximum atomic E-state index is 11.9. The van der Waals surface area contributed by atoms with Crippen molar-refractivity contribution in [2.75, 3.05) is 45.7 Å².